The number of methoxy groups -OCH3 is 1. The quantitative estimate of drug-likeness (QED) is 0.392. The average Bonchev–Trinajstić information content (AvgIpc) is 3.48. The monoisotopic (exact) mass is 646 g/mol. The number of carbonyl (C=O) groups is 2. The fourth-order valence-electron chi connectivity index (χ4n) is 6.79. The molecule has 6 rings (SSSR count). The Kier molecular flexibility index (Phi) is 8.80. The van der Waals surface area contributed by atoms with Crippen LogP contribution in [0, 0.1) is 6.92 Å². The topological polar surface area (TPSA) is 110 Å². The molecule has 0 bridgehead atoms. The molecule has 1 aromatic carbocycles. The summed E-state index contributed by atoms with van der Waals surface area (Å²) >= 11 is 7.10. The predicted octanol–water partition coefficient (Wildman–Crippen LogP) is 4.54. The van der Waals surface area contributed by atoms with Gasteiger partial charge in [0.05, 0.1) is 18.2 Å². The van der Waals surface area contributed by atoms with E-state index in [0.29, 0.717) is 47.1 Å². The Hall–Kier alpha value is -4.35. The van der Waals surface area contributed by atoms with Crippen molar-refractivity contribution in [1.29, 1.82) is 0 Å². The first-order chi connectivity index (χ1) is 22.1. The molecule has 3 aromatic rings. The van der Waals surface area contributed by atoms with Crippen LogP contribution < -0.4 is 15.6 Å². The van der Waals surface area contributed by atoms with Gasteiger partial charge in [0.25, 0.3) is 11.5 Å². The number of nitrogens with zero attached hydrogens (tertiary/aromatic N) is 5. The van der Waals surface area contributed by atoms with Gasteiger partial charge in [0, 0.05) is 75.1 Å². The molecule has 10 nitrogen and oxygen atoms in total. The van der Waals surface area contributed by atoms with E-state index < -0.39 is 28.6 Å². The fraction of sp³-hybridized carbons (Fsp3) is 0.382. The van der Waals surface area contributed by atoms with Crippen LogP contribution in [0.3, 0.4) is 0 Å². The summed E-state index contributed by atoms with van der Waals surface area (Å²) in [4.78, 5) is 46.5. The number of amides is 2. The summed E-state index contributed by atoms with van der Waals surface area (Å²) in [5.41, 5.74) is 4.20. The van der Waals surface area contributed by atoms with E-state index >= 15 is 4.39 Å². The van der Waals surface area contributed by atoms with Crippen LogP contribution in [0.1, 0.15) is 63.6 Å². The maximum absolute atomic E-state index is 15.6. The largest absolute Gasteiger partial charge is 0.481 e. The first-order valence-corrected chi connectivity index (χ1v) is 15.8. The summed E-state index contributed by atoms with van der Waals surface area (Å²) in [5, 5.41) is 5.85. The molecule has 0 spiro atoms. The van der Waals surface area contributed by atoms with Gasteiger partial charge in [0.1, 0.15) is 11.4 Å². The van der Waals surface area contributed by atoms with Crippen LogP contribution >= 0.6 is 11.6 Å². The molecule has 2 amide bonds. The van der Waals surface area contributed by atoms with Crippen molar-refractivity contribution in [3.63, 3.8) is 0 Å². The Morgan fingerprint density at radius 3 is 2.63 bits per heavy atom. The number of aryl methyl sites for hydroxylation is 2. The fourth-order valence-corrected chi connectivity index (χ4v) is 7.22. The van der Waals surface area contributed by atoms with Gasteiger partial charge in [0.2, 0.25) is 11.8 Å². The van der Waals surface area contributed by atoms with E-state index in [-0.39, 0.29) is 17.5 Å². The summed E-state index contributed by atoms with van der Waals surface area (Å²) in [5.74, 6) is -0.856. The van der Waals surface area contributed by atoms with Crippen LogP contribution in [0.4, 0.5) is 10.1 Å². The highest BCUT2D eigenvalue weighted by Gasteiger charge is 2.37. The number of pyridine rings is 1. The van der Waals surface area contributed by atoms with E-state index in [2.05, 4.69) is 21.4 Å². The lowest BCUT2D eigenvalue weighted by Crippen LogP contribution is -2.48. The maximum Gasteiger partial charge on any atom is 0.279 e. The number of aromatic nitrogens is 3. The second kappa shape index (κ2) is 12.8. The van der Waals surface area contributed by atoms with Crippen LogP contribution in [-0.4, -0.2) is 75.0 Å². The normalized spacial score (nSPS) is 21.3. The van der Waals surface area contributed by atoms with Crippen LogP contribution in [0.5, 0.6) is 5.88 Å². The number of halogens is 2. The lowest BCUT2D eigenvalue weighted by atomic mass is 9.84. The number of anilines is 1. The highest BCUT2D eigenvalue weighted by atomic mass is 35.5. The van der Waals surface area contributed by atoms with Gasteiger partial charge in [0.15, 0.2) is 0 Å². The zero-order chi connectivity index (χ0) is 32.7. The molecular weight excluding hydrogens is 611 g/mol. The van der Waals surface area contributed by atoms with Gasteiger partial charge in [-0.1, -0.05) is 18.2 Å². The van der Waals surface area contributed by atoms with Gasteiger partial charge < -0.3 is 15.0 Å². The van der Waals surface area contributed by atoms with Gasteiger partial charge in [-0.25, -0.2) is 14.1 Å². The molecule has 2 aromatic heterocycles. The van der Waals surface area contributed by atoms with E-state index in [1.54, 1.807) is 45.2 Å². The number of nitrogens with one attached hydrogen (secondary N) is 1. The third-order valence-corrected chi connectivity index (χ3v) is 9.79. The first kappa shape index (κ1) is 31.6. The van der Waals surface area contributed by atoms with Crippen molar-refractivity contribution in [3.05, 3.63) is 98.4 Å². The summed E-state index contributed by atoms with van der Waals surface area (Å²) < 4.78 is 22.5. The number of hydrogen-bond donors (Lipinski definition) is 1. The molecular formula is C34H36ClFN6O4. The van der Waals surface area contributed by atoms with E-state index in [1.807, 2.05) is 4.90 Å². The lowest BCUT2D eigenvalue weighted by Gasteiger charge is -2.38. The van der Waals surface area contributed by atoms with E-state index in [1.165, 1.54) is 25.4 Å². The second-order valence-electron chi connectivity index (χ2n) is 11.9. The van der Waals surface area contributed by atoms with E-state index in [0.717, 1.165) is 41.7 Å². The number of allylic oxidation sites excluding steroid dienone is 4. The smallest absolute Gasteiger partial charge is 0.279 e. The molecule has 2 unspecified atom stereocenters. The zero-order valence-corrected chi connectivity index (χ0v) is 27.0. The van der Waals surface area contributed by atoms with Crippen molar-refractivity contribution < 1.29 is 18.7 Å². The lowest BCUT2D eigenvalue weighted by molar-refractivity contribution is -0.130. The van der Waals surface area contributed by atoms with Crippen LogP contribution in [0.2, 0.25) is 0 Å². The standard InChI is InChI=1S/C34H36ClFN6O4/c1-19-22(6-5-7-26(19)38-32(44)24-12-13-37-40(3)34(24)45)30-25(36)10-9-23(31(30)35)27-18-21-8-11-28(29(21)33(39-27)46-4)42-16-14-41(15-17-42)20(2)43/h5-7,9-10,12-13,18,23,28,31H,8,11,14-17H2,1-4H3,(H,38,44)/t23?,28-,31?/m0/s1. The molecule has 0 radical (unpaired) electrons. The minimum Gasteiger partial charge on any atom is -0.481 e. The van der Waals surface area contributed by atoms with Gasteiger partial charge >= 0.3 is 0 Å². The van der Waals surface area contributed by atoms with Crippen LogP contribution in [0.25, 0.3) is 5.57 Å². The minimum atomic E-state index is -0.797. The third kappa shape index (κ3) is 5.73. The number of alkyl halides is 1. The molecule has 1 N–H and O–H groups in total. The molecule has 46 heavy (non-hydrogen) atoms. The van der Waals surface area contributed by atoms with Crippen LogP contribution in [0.15, 0.2) is 59.3 Å². The van der Waals surface area contributed by atoms with Crippen LogP contribution in [-0.2, 0) is 18.3 Å². The number of fused-ring (bicyclic) bond motifs is 1. The summed E-state index contributed by atoms with van der Waals surface area (Å²) in [6.07, 6.45) is 6.30. The molecule has 1 saturated heterocycles. The maximum atomic E-state index is 15.6. The van der Waals surface area contributed by atoms with Crippen molar-refractivity contribution in [2.75, 3.05) is 38.6 Å². The Morgan fingerprint density at radius 2 is 1.91 bits per heavy atom. The number of piperazine rings is 1. The number of carbonyl (C=O) groups excluding carboxylic acids is 2. The van der Waals surface area contributed by atoms with E-state index in [9.17, 15) is 14.4 Å². The van der Waals surface area contributed by atoms with Crippen molar-refractivity contribution in [3.8, 4) is 5.88 Å². The Bertz CT molecular complexity index is 1830. The third-order valence-electron chi connectivity index (χ3n) is 9.31. The molecule has 1 fully saturated rings. The number of benzene rings is 1. The van der Waals surface area contributed by atoms with Gasteiger partial charge in [-0.3, -0.25) is 19.3 Å². The highest BCUT2D eigenvalue weighted by molar-refractivity contribution is 6.27. The summed E-state index contributed by atoms with van der Waals surface area (Å²) in [6, 6.07) is 8.75. The molecule has 1 aliphatic heterocycles. The highest BCUT2D eigenvalue weighted by Crippen LogP contribution is 2.46. The Balaban J connectivity index is 1.27. The van der Waals surface area contributed by atoms with Crippen molar-refractivity contribution >= 4 is 34.7 Å². The van der Waals surface area contributed by atoms with Gasteiger partial charge in [-0.2, -0.15) is 5.10 Å². The number of hydrogen-bond acceptors (Lipinski definition) is 7. The molecule has 240 valence electrons. The van der Waals surface area contributed by atoms with Gasteiger partial charge in [-0.05, 0) is 60.7 Å². The molecule has 3 aliphatic rings. The first-order valence-electron chi connectivity index (χ1n) is 15.3. The minimum absolute atomic E-state index is 0.0548. The Morgan fingerprint density at radius 1 is 1.15 bits per heavy atom. The average molecular weight is 647 g/mol. The van der Waals surface area contributed by atoms with Crippen molar-refractivity contribution in [1.82, 2.24) is 24.6 Å². The predicted molar refractivity (Wildman–Crippen MR) is 174 cm³/mol. The molecule has 0 saturated carbocycles. The molecule has 3 heterocycles. The molecule has 2 aliphatic carbocycles. The molecule has 3 atom stereocenters. The molecule has 12 heteroatoms. The van der Waals surface area contributed by atoms with E-state index in [4.69, 9.17) is 21.3 Å². The second-order valence-corrected chi connectivity index (χ2v) is 12.4. The summed E-state index contributed by atoms with van der Waals surface area (Å²) in [6.45, 7) is 6.35. The Labute approximate surface area is 271 Å². The van der Waals surface area contributed by atoms with Crippen molar-refractivity contribution in [2.24, 2.45) is 7.05 Å². The van der Waals surface area contributed by atoms with Crippen molar-refractivity contribution in [2.45, 2.75) is 44.0 Å². The zero-order valence-electron chi connectivity index (χ0n) is 26.2. The summed E-state index contributed by atoms with van der Waals surface area (Å²) in [7, 11) is 3.08. The SMILES string of the molecule is COc1nc(C2C=CC(F)=C(c3cccc(NC(=O)c4ccnn(C)c4=O)c3C)C2Cl)cc2c1[C@@H](N1CCN(C(C)=O)CC1)CC2. The van der Waals surface area contributed by atoms with Gasteiger partial charge in [-0.15, -0.1) is 11.6 Å². The number of rotatable bonds is 6. The number of ether oxygens (including phenoxy) is 1.